The zero-order valence-electron chi connectivity index (χ0n) is 4.55. The lowest BCUT2D eigenvalue weighted by molar-refractivity contribution is 0.441. The molecule has 52 valence electrons. The smallest absolute Gasteiger partial charge is 0.142 e. The van der Waals surface area contributed by atoms with Crippen molar-refractivity contribution in [2.24, 2.45) is 5.73 Å². The summed E-state index contributed by atoms with van der Waals surface area (Å²) in [6, 6.07) is 0. The van der Waals surface area contributed by atoms with Crippen molar-refractivity contribution in [3.8, 4) is 0 Å². The van der Waals surface area contributed by atoms with Crippen LogP contribution in [-0.4, -0.2) is 4.20 Å². The van der Waals surface area contributed by atoms with Crippen LogP contribution in [0.3, 0.4) is 0 Å². The first-order chi connectivity index (χ1) is 4.10. The van der Waals surface area contributed by atoms with E-state index in [1.54, 1.807) is 6.08 Å². The van der Waals surface area contributed by atoms with Crippen LogP contribution < -0.4 is 22.1 Å². The SMILES string of the molecule is NC1=CC(S)(S)NNN1. The number of nitrogens with one attached hydrogen (secondary N) is 3. The molecule has 1 aliphatic heterocycles. The standard InChI is InChI=1S/C3H8N4S2/c4-2-1-3(8,9)6-7-5-2/h1,5-9H,4H2. The van der Waals surface area contributed by atoms with E-state index in [4.69, 9.17) is 5.73 Å². The van der Waals surface area contributed by atoms with Crippen LogP contribution in [0, 0.1) is 0 Å². The van der Waals surface area contributed by atoms with E-state index in [0.29, 0.717) is 5.82 Å². The van der Waals surface area contributed by atoms with Gasteiger partial charge in [0.2, 0.25) is 0 Å². The third-order valence-corrected chi connectivity index (χ3v) is 1.29. The van der Waals surface area contributed by atoms with E-state index >= 15 is 0 Å². The number of rotatable bonds is 0. The number of hydrogen-bond acceptors (Lipinski definition) is 6. The van der Waals surface area contributed by atoms with E-state index in [1.165, 1.54) is 0 Å². The molecule has 0 spiro atoms. The Morgan fingerprint density at radius 3 is 2.56 bits per heavy atom. The van der Waals surface area contributed by atoms with Crippen LogP contribution in [-0.2, 0) is 0 Å². The van der Waals surface area contributed by atoms with E-state index in [1.807, 2.05) is 0 Å². The van der Waals surface area contributed by atoms with E-state index in [0.717, 1.165) is 0 Å². The summed E-state index contributed by atoms with van der Waals surface area (Å²) in [6.45, 7) is 0. The predicted octanol–water partition coefficient (Wildman–Crippen LogP) is -1.09. The zero-order valence-corrected chi connectivity index (χ0v) is 6.34. The summed E-state index contributed by atoms with van der Waals surface area (Å²) < 4.78 is -0.671. The highest BCUT2D eigenvalue weighted by atomic mass is 32.2. The molecule has 1 heterocycles. The van der Waals surface area contributed by atoms with Gasteiger partial charge in [-0.1, -0.05) is 0 Å². The van der Waals surface area contributed by atoms with Crippen molar-refractivity contribution >= 4 is 25.3 Å². The molecule has 0 aromatic carbocycles. The van der Waals surface area contributed by atoms with Crippen molar-refractivity contribution in [2.75, 3.05) is 0 Å². The Bertz CT molecular complexity index is 143. The van der Waals surface area contributed by atoms with Gasteiger partial charge < -0.3 is 5.73 Å². The minimum Gasteiger partial charge on any atom is -0.385 e. The van der Waals surface area contributed by atoms with Gasteiger partial charge >= 0.3 is 0 Å². The Labute approximate surface area is 64.0 Å². The minimum atomic E-state index is -0.671. The molecule has 0 amide bonds. The molecule has 1 aliphatic rings. The first-order valence-corrected chi connectivity index (χ1v) is 3.21. The molecule has 0 aromatic heterocycles. The van der Waals surface area contributed by atoms with Crippen LogP contribution in [0.1, 0.15) is 0 Å². The molecule has 4 nitrogen and oxygen atoms in total. The maximum Gasteiger partial charge on any atom is 0.142 e. The lowest BCUT2D eigenvalue weighted by Crippen LogP contribution is -2.56. The summed E-state index contributed by atoms with van der Waals surface area (Å²) in [5.41, 5.74) is 13.3. The van der Waals surface area contributed by atoms with Crippen LogP contribution in [0.25, 0.3) is 0 Å². The lowest BCUT2D eigenvalue weighted by atomic mass is 10.5. The van der Waals surface area contributed by atoms with Gasteiger partial charge in [0.25, 0.3) is 0 Å². The molecular formula is C3H8N4S2. The topological polar surface area (TPSA) is 62.1 Å². The maximum atomic E-state index is 5.36. The van der Waals surface area contributed by atoms with Gasteiger partial charge in [0, 0.05) is 0 Å². The lowest BCUT2D eigenvalue weighted by Gasteiger charge is -2.26. The van der Waals surface area contributed by atoms with Gasteiger partial charge in [0.05, 0.1) is 0 Å². The van der Waals surface area contributed by atoms with E-state index in [-0.39, 0.29) is 0 Å². The van der Waals surface area contributed by atoms with Crippen molar-refractivity contribution < 1.29 is 0 Å². The van der Waals surface area contributed by atoms with Gasteiger partial charge in [-0.15, -0.1) is 25.3 Å². The summed E-state index contributed by atoms with van der Waals surface area (Å²) in [6.07, 6.45) is 1.63. The Hall–Kier alpha value is -0.0400. The third-order valence-electron chi connectivity index (χ3n) is 0.810. The highest BCUT2D eigenvalue weighted by Gasteiger charge is 2.19. The molecule has 0 radical (unpaired) electrons. The van der Waals surface area contributed by atoms with Crippen molar-refractivity contribution in [3.05, 3.63) is 11.9 Å². The van der Waals surface area contributed by atoms with E-state index < -0.39 is 4.20 Å². The average molecular weight is 164 g/mol. The molecule has 0 aromatic rings. The molecule has 1 rings (SSSR count). The van der Waals surface area contributed by atoms with Gasteiger partial charge in [-0.05, 0) is 6.08 Å². The van der Waals surface area contributed by atoms with Crippen LogP contribution in [0.4, 0.5) is 0 Å². The Balaban J connectivity index is 2.68. The number of hydrogen-bond donors (Lipinski definition) is 6. The Kier molecular flexibility index (Phi) is 1.80. The van der Waals surface area contributed by atoms with Gasteiger partial charge in [-0.25, -0.2) is 5.43 Å². The van der Waals surface area contributed by atoms with Crippen LogP contribution in [0.5, 0.6) is 0 Å². The van der Waals surface area contributed by atoms with Gasteiger partial charge in [-0.2, -0.15) is 5.53 Å². The van der Waals surface area contributed by atoms with Crippen LogP contribution in [0.15, 0.2) is 11.9 Å². The minimum absolute atomic E-state index is 0.499. The molecule has 0 fully saturated rings. The van der Waals surface area contributed by atoms with Crippen molar-refractivity contribution in [3.63, 3.8) is 0 Å². The van der Waals surface area contributed by atoms with Crippen LogP contribution >= 0.6 is 25.3 Å². The summed E-state index contributed by atoms with van der Waals surface area (Å²) in [4.78, 5) is 0. The number of hydrazine groups is 2. The summed E-state index contributed by atoms with van der Waals surface area (Å²) in [7, 11) is 0. The van der Waals surface area contributed by atoms with E-state index in [2.05, 4.69) is 41.6 Å². The molecule has 5 N–H and O–H groups in total. The fraction of sp³-hybridized carbons (Fsp3) is 0.333. The van der Waals surface area contributed by atoms with Gasteiger partial charge in [-0.3, -0.25) is 5.43 Å². The molecule has 0 aliphatic carbocycles. The molecule has 0 unspecified atom stereocenters. The second-order valence-electron chi connectivity index (χ2n) is 1.70. The molecule has 0 atom stereocenters. The molecule has 9 heavy (non-hydrogen) atoms. The predicted molar refractivity (Wildman–Crippen MR) is 42.4 cm³/mol. The molecule has 0 bridgehead atoms. The molecule has 0 saturated heterocycles. The van der Waals surface area contributed by atoms with E-state index in [9.17, 15) is 0 Å². The largest absolute Gasteiger partial charge is 0.385 e. The maximum absolute atomic E-state index is 5.36. The first kappa shape index (κ1) is 7.07. The van der Waals surface area contributed by atoms with Crippen molar-refractivity contribution in [1.29, 1.82) is 0 Å². The first-order valence-electron chi connectivity index (χ1n) is 2.31. The number of thiol groups is 2. The summed E-state index contributed by atoms with van der Waals surface area (Å²) >= 11 is 8.14. The highest BCUT2D eigenvalue weighted by Crippen LogP contribution is 2.17. The molecule has 0 saturated carbocycles. The second kappa shape index (κ2) is 2.30. The summed E-state index contributed by atoms with van der Waals surface area (Å²) in [5, 5.41) is 0. The fourth-order valence-corrected chi connectivity index (χ4v) is 0.874. The monoisotopic (exact) mass is 164 g/mol. The molecule has 6 heteroatoms. The van der Waals surface area contributed by atoms with Crippen molar-refractivity contribution in [1.82, 2.24) is 16.4 Å². The van der Waals surface area contributed by atoms with Crippen molar-refractivity contribution in [2.45, 2.75) is 4.20 Å². The number of nitrogens with two attached hydrogens (primary N) is 1. The average Bonchev–Trinajstić information content (AvgIpc) is 1.60. The zero-order chi connectivity index (χ0) is 6.91. The quantitative estimate of drug-likeness (QED) is 0.203. The fourth-order valence-electron chi connectivity index (χ4n) is 0.484. The summed E-state index contributed by atoms with van der Waals surface area (Å²) in [5.74, 6) is 0.499. The highest BCUT2D eigenvalue weighted by molar-refractivity contribution is 8.00. The van der Waals surface area contributed by atoms with Crippen LogP contribution in [0.2, 0.25) is 0 Å². The Morgan fingerprint density at radius 2 is 2.22 bits per heavy atom. The van der Waals surface area contributed by atoms with Gasteiger partial charge in [0.15, 0.2) is 0 Å². The Morgan fingerprint density at radius 1 is 1.56 bits per heavy atom. The molecular weight excluding hydrogens is 156 g/mol. The van der Waals surface area contributed by atoms with Gasteiger partial charge in [0.1, 0.15) is 10.0 Å². The normalized spacial score (nSPS) is 24.4. The second-order valence-corrected chi connectivity index (χ2v) is 3.46. The third kappa shape index (κ3) is 1.98.